The first-order chi connectivity index (χ1) is 7.36. The molecule has 0 bridgehead atoms. The molecule has 0 atom stereocenters. The molecule has 1 aromatic carbocycles. The summed E-state index contributed by atoms with van der Waals surface area (Å²) in [6, 6.07) is 4.26. The second-order valence-electron chi connectivity index (χ2n) is 3.95. The van der Waals surface area contributed by atoms with Crippen LogP contribution in [-0.2, 0) is 4.79 Å². The Morgan fingerprint density at radius 2 is 2.06 bits per heavy atom. The van der Waals surface area contributed by atoms with E-state index in [0.717, 1.165) is 0 Å². The molecule has 16 heavy (non-hydrogen) atoms. The molecule has 0 aliphatic carbocycles. The number of hydrogen-bond acceptors (Lipinski definition) is 2. The van der Waals surface area contributed by atoms with E-state index in [-0.39, 0.29) is 11.7 Å². The molecule has 0 aromatic heterocycles. The lowest BCUT2D eigenvalue weighted by Gasteiger charge is -2.23. The Balaban J connectivity index is 2.85. The van der Waals surface area contributed by atoms with Crippen molar-refractivity contribution >= 4 is 34.2 Å². The van der Waals surface area contributed by atoms with E-state index in [1.165, 1.54) is 12.1 Å². The molecular weight excluding hydrogens is 322 g/mol. The molecule has 1 aromatic rings. The van der Waals surface area contributed by atoms with Crippen LogP contribution in [0.4, 0.5) is 10.1 Å². The van der Waals surface area contributed by atoms with Crippen molar-refractivity contribution in [2.24, 2.45) is 0 Å². The van der Waals surface area contributed by atoms with Crippen molar-refractivity contribution in [3.05, 3.63) is 27.6 Å². The minimum atomic E-state index is -0.655. The molecule has 88 valence electrons. The van der Waals surface area contributed by atoms with Gasteiger partial charge in [0.2, 0.25) is 5.91 Å². The summed E-state index contributed by atoms with van der Waals surface area (Å²) in [5.41, 5.74) is -0.0346. The summed E-state index contributed by atoms with van der Waals surface area (Å²) in [5, 5.41) is 5.66. The van der Waals surface area contributed by atoms with Crippen molar-refractivity contribution in [1.29, 1.82) is 0 Å². The Kier molecular flexibility index (Phi) is 4.26. The second kappa shape index (κ2) is 5.09. The zero-order chi connectivity index (χ0) is 12.3. The molecule has 0 spiro atoms. The van der Waals surface area contributed by atoms with E-state index in [0.29, 0.717) is 9.26 Å². The van der Waals surface area contributed by atoms with Gasteiger partial charge in [-0.3, -0.25) is 4.79 Å². The van der Waals surface area contributed by atoms with Crippen molar-refractivity contribution in [2.75, 3.05) is 12.4 Å². The molecule has 2 N–H and O–H groups in total. The van der Waals surface area contributed by atoms with Gasteiger partial charge in [0.1, 0.15) is 5.82 Å². The van der Waals surface area contributed by atoms with Crippen molar-refractivity contribution in [3.8, 4) is 0 Å². The SMILES string of the molecule is CNC(C)(C)C(=O)Nc1ccc(F)cc1I. The highest BCUT2D eigenvalue weighted by Gasteiger charge is 2.25. The summed E-state index contributed by atoms with van der Waals surface area (Å²) >= 11 is 1.98. The fourth-order valence-electron chi connectivity index (χ4n) is 0.983. The van der Waals surface area contributed by atoms with E-state index in [2.05, 4.69) is 10.6 Å². The molecule has 1 rings (SSSR count). The molecule has 1 amide bonds. The van der Waals surface area contributed by atoms with Crippen LogP contribution < -0.4 is 10.6 Å². The van der Waals surface area contributed by atoms with Gasteiger partial charge in [-0.25, -0.2) is 4.39 Å². The van der Waals surface area contributed by atoms with Crippen LogP contribution in [0.2, 0.25) is 0 Å². The van der Waals surface area contributed by atoms with E-state index in [1.54, 1.807) is 27.0 Å². The fourth-order valence-corrected chi connectivity index (χ4v) is 1.60. The third-order valence-electron chi connectivity index (χ3n) is 2.37. The van der Waals surface area contributed by atoms with Crippen LogP contribution in [0.1, 0.15) is 13.8 Å². The molecule has 5 heteroatoms. The minimum Gasteiger partial charge on any atom is -0.324 e. The van der Waals surface area contributed by atoms with Crippen LogP contribution in [-0.4, -0.2) is 18.5 Å². The number of likely N-dealkylation sites (N-methyl/N-ethyl adjacent to an activating group) is 1. The Morgan fingerprint density at radius 3 is 2.56 bits per heavy atom. The molecule has 0 aliphatic heterocycles. The quantitative estimate of drug-likeness (QED) is 0.832. The zero-order valence-corrected chi connectivity index (χ0v) is 11.6. The Hall–Kier alpha value is -0.690. The van der Waals surface area contributed by atoms with Crippen molar-refractivity contribution < 1.29 is 9.18 Å². The normalized spacial score (nSPS) is 11.3. The minimum absolute atomic E-state index is 0.153. The first-order valence-electron chi connectivity index (χ1n) is 4.82. The first-order valence-corrected chi connectivity index (χ1v) is 5.90. The third kappa shape index (κ3) is 3.15. The van der Waals surface area contributed by atoms with Gasteiger partial charge in [-0.15, -0.1) is 0 Å². The van der Waals surface area contributed by atoms with Gasteiger partial charge in [0.05, 0.1) is 11.2 Å². The number of benzene rings is 1. The summed E-state index contributed by atoms with van der Waals surface area (Å²) in [4.78, 5) is 11.8. The molecule has 0 unspecified atom stereocenters. The first kappa shape index (κ1) is 13.4. The number of anilines is 1. The highest BCUT2D eigenvalue weighted by Crippen LogP contribution is 2.20. The van der Waals surface area contributed by atoms with Gasteiger partial charge in [0, 0.05) is 3.57 Å². The largest absolute Gasteiger partial charge is 0.324 e. The lowest BCUT2D eigenvalue weighted by atomic mass is 10.1. The number of amides is 1. The van der Waals surface area contributed by atoms with Gasteiger partial charge in [-0.1, -0.05) is 0 Å². The summed E-state index contributed by atoms with van der Waals surface area (Å²) < 4.78 is 13.5. The Bertz CT molecular complexity index is 407. The predicted molar refractivity (Wildman–Crippen MR) is 70.9 cm³/mol. The molecule has 0 aliphatic rings. The van der Waals surface area contributed by atoms with Gasteiger partial charge in [-0.05, 0) is 61.7 Å². The van der Waals surface area contributed by atoms with E-state index >= 15 is 0 Å². The van der Waals surface area contributed by atoms with E-state index < -0.39 is 5.54 Å². The number of carbonyl (C=O) groups excluding carboxylic acids is 1. The van der Waals surface area contributed by atoms with E-state index in [9.17, 15) is 9.18 Å². The molecule has 0 radical (unpaired) electrons. The van der Waals surface area contributed by atoms with Crippen molar-refractivity contribution in [3.63, 3.8) is 0 Å². The average Bonchev–Trinajstić information content (AvgIpc) is 2.22. The van der Waals surface area contributed by atoms with Crippen LogP contribution in [0.3, 0.4) is 0 Å². The summed E-state index contributed by atoms with van der Waals surface area (Å²) in [6.07, 6.45) is 0. The fraction of sp³-hybridized carbons (Fsp3) is 0.364. The lowest BCUT2D eigenvalue weighted by Crippen LogP contribution is -2.48. The van der Waals surface area contributed by atoms with Gasteiger partial charge >= 0.3 is 0 Å². The maximum absolute atomic E-state index is 12.9. The maximum Gasteiger partial charge on any atom is 0.244 e. The monoisotopic (exact) mass is 336 g/mol. The molecule has 0 fully saturated rings. The van der Waals surface area contributed by atoms with Crippen LogP contribution in [0.25, 0.3) is 0 Å². The molecule has 0 saturated heterocycles. The van der Waals surface area contributed by atoms with Crippen LogP contribution in [0.15, 0.2) is 18.2 Å². The van der Waals surface area contributed by atoms with Crippen LogP contribution in [0.5, 0.6) is 0 Å². The molecule has 0 saturated carbocycles. The van der Waals surface area contributed by atoms with E-state index in [1.807, 2.05) is 22.6 Å². The zero-order valence-electron chi connectivity index (χ0n) is 9.40. The summed E-state index contributed by atoms with van der Waals surface area (Å²) in [5.74, 6) is -0.463. The predicted octanol–water partition coefficient (Wildman–Crippen LogP) is 2.37. The third-order valence-corrected chi connectivity index (χ3v) is 3.26. The molecular formula is C11H14FIN2O. The lowest BCUT2D eigenvalue weighted by molar-refractivity contribution is -0.121. The molecule has 0 heterocycles. The number of halogens is 2. The van der Waals surface area contributed by atoms with E-state index in [4.69, 9.17) is 0 Å². The van der Waals surface area contributed by atoms with Crippen molar-refractivity contribution in [1.82, 2.24) is 5.32 Å². The highest BCUT2D eigenvalue weighted by atomic mass is 127. The van der Waals surface area contributed by atoms with Gasteiger partial charge < -0.3 is 10.6 Å². The van der Waals surface area contributed by atoms with Crippen LogP contribution >= 0.6 is 22.6 Å². The van der Waals surface area contributed by atoms with Crippen molar-refractivity contribution in [2.45, 2.75) is 19.4 Å². The maximum atomic E-state index is 12.9. The van der Waals surface area contributed by atoms with Gasteiger partial charge in [0.15, 0.2) is 0 Å². The average molecular weight is 336 g/mol. The van der Waals surface area contributed by atoms with Gasteiger partial charge in [-0.2, -0.15) is 0 Å². The Morgan fingerprint density at radius 1 is 1.44 bits per heavy atom. The number of carbonyl (C=O) groups is 1. The summed E-state index contributed by atoms with van der Waals surface area (Å²) in [7, 11) is 1.72. The second-order valence-corrected chi connectivity index (χ2v) is 5.12. The Labute approximate surface area is 108 Å². The van der Waals surface area contributed by atoms with Gasteiger partial charge in [0.25, 0.3) is 0 Å². The number of hydrogen-bond donors (Lipinski definition) is 2. The molecule has 3 nitrogen and oxygen atoms in total. The van der Waals surface area contributed by atoms with Crippen LogP contribution in [0, 0.1) is 9.39 Å². The smallest absolute Gasteiger partial charge is 0.244 e. The topological polar surface area (TPSA) is 41.1 Å². The standard InChI is InChI=1S/C11H14FIN2O/c1-11(2,14-3)10(16)15-9-5-4-7(12)6-8(9)13/h4-6,14H,1-3H3,(H,15,16). The highest BCUT2D eigenvalue weighted by molar-refractivity contribution is 14.1. The number of rotatable bonds is 3. The summed E-state index contributed by atoms with van der Waals surface area (Å²) in [6.45, 7) is 3.55. The number of nitrogens with one attached hydrogen (secondary N) is 2.